The Hall–Kier alpha value is -2.19. The molecule has 2 aliphatic rings. The summed E-state index contributed by atoms with van der Waals surface area (Å²) in [5.74, 6) is 0.143. The van der Waals surface area contributed by atoms with Crippen LogP contribution in [0.2, 0.25) is 5.02 Å². The standard InChI is InChI=1S/C25H36ClN5O6S2/c1-4-5-15-38(33,34)30-10-9-22(18-30)37-24-23(28-11-13-29(14-12-28)39(35,36)19(2)3)17-27-31(25(24)32)21-8-6-7-20(26)16-21/h6-8,16-17,19,22H,4-5,9-15,18H2,1-3H3. The van der Waals surface area contributed by atoms with Crippen molar-refractivity contribution < 1.29 is 21.6 Å². The molecule has 11 nitrogen and oxygen atoms in total. The van der Waals surface area contributed by atoms with Crippen LogP contribution in [0.4, 0.5) is 5.69 Å². The molecule has 1 unspecified atom stereocenters. The third-order valence-electron chi connectivity index (χ3n) is 7.04. The minimum atomic E-state index is -3.40. The van der Waals surface area contributed by atoms with Crippen LogP contribution in [0.25, 0.3) is 5.69 Å². The highest BCUT2D eigenvalue weighted by Gasteiger charge is 2.35. The summed E-state index contributed by atoms with van der Waals surface area (Å²) in [4.78, 5) is 15.6. The number of halogens is 1. The molecular weight excluding hydrogens is 566 g/mol. The maximum atomic E-state index is 13.7. The van der Waals surface area contributed by atoms with Gasteiger partial charge < -0.3 is 9.64 Å². The molecule has 2 fully saturated rings. The van der Waals surface area contributed by atoms with Crippen LogP contribution in [-0.4, -0.2) is 91.6 Å². The van der Waals surface area contributed by atoms with Gasteiger partial charge in [-0.1, -0.05) is 31.0 Å². The quantitative estimate of drug-likeness (QED) is 0.407. The predicted molar refractivity (Wildman–Crippen MR) is 152 cm³/mol. The van der Waals surface area contributed by atoms with Gasteiger partial charge in [0.25, 0.3) is 0 Å². The first-order chi connectivity index (χ1) is 18.4. The minimum Gasteiger partial charge on any atom is -0.481 e. The summed E-state index contributed by atoms with van der Waals surface area (Å²) in [7, 11) is -6.80. The summed E-state index contributed by atoms with van der Waals surface area (Å²) in [5, 5.41) is 4.29. The number of benzene rings is 1. The Morgan fingerprint density at radius 2 is 1.79 bits per heavy atom. The molecule has 1 atom stereocenters. The number of unbranched alkanes of at least 4 members (excludes halogenated alkanes) is 1. The number of nitrogens with zero attached hydrogens (tertiary/aromatic N) is 5. The lowest BCUT2D eigenvalue weighted by Crippen LogP contribution is -2.50. The van der Waals surface area contributed by atoms with E-state index < -0.39 is 37.0 Å². The molecule has 1 aromatic carbocycles. The molecule has 0 N–H and O–H groups in total. The molecule has 2 aliphatic heterocycles. The summed E-state index contributed by atoms with van der Waals surface area (Å²) in [6.07, 6.45) is 2.84. The molecule has 2 saturated heterocycles. The van der Waals surface area contributed by atoms with Crippen LogP contribution in [0.1, 0.15) is 40.0 Å². The van der Waals surface area contributed by atoms with Crippen molar-refractivity contribution in [1.29, 1.82) is 0 Å². The Labute approximate surface area is 235 Å². The van der Waals surface area contributed by atoms with Gasteiger partial charge in [-0.25, -0.2) is 16.8 Å². The molecule has 4 rings (SSSR count). The Balaban J connectivity index is 1.63. The van der Waals surface area contributed by atoms with Gasteiger partial charge in [-0.3, -0.25) is 4.79 Å². The van der Waals surface area contributed by atoms with Crippen molar-refractivity contribution in [3.63, 3.8) is 0 Å². The average molecular weight is 602 g/mol. The van der Waals surface area contributed by atoms with Crippen LogP contribution in [0.5, 0.6) is 5.75 Å². The highest BCUT2D eigenvalue weighted by Crippen LogP contribution is 2.29. The zero-order valence-electron chi connectivity index (χ0n) is 22.5. The van der Waals surface area contributed by atoms with Gasteiger partial charge in [0.1, 0.15) is 11.8 Å². The van der Waals surface area contributed by atoms with E-state index in [2.05, 4.69) is 5.10 Å². The van der Waals surface area contributed by atoms with E-state index in [1.165, 1.54) is 19.5 Å². The van der Waals surface area contributed by atoms with Gasteiger partial charge >= 0.3 is 5.56 Å². The number of rotatable bonds is 10. The highest BCUT2D eigenvalue weighted by atomic mass is 35.5. The Morgan fingerprint density at radius 3 is 2.44 bits per heavy atom. The molecule has 0 radical (unpaired) electrons. The molecule has 0 aliphatic carbocycles. The third-order valence-corrected chi connectivity index (χ3v) is 11.5. The molecular formula is C25H36ClN5O6S2. The van der Waals surface area contributed by atoms with Crippen LogP contribution < -0.4 is 15.2 Å². The van der Waals surface area contributed by atoms with E-state index in [0.29, 0.717) is 48.9 Å². The molecule has 0 amide bonds. The van der Waals surface area contributed by atoms with E-state index in [4.69, 9.17) is 16.3 Å². The largest absolute Gasteiger partial charge is 0.481 e. The number of hydrogen-bond donors (Lipinski definition) is 0. The minimum absolute atomic E-state index is 0.0583. The molecule has 0 spiro atoms. The first-order valence-corrected chi connectivity index (χ1v) is 16.7. The smallest absolute Gasteiger partial charge is 0.316 e. The molecule has 3 heterocycles. The van der Waals surface area contributed by atoms with Crippen LogP contribution in [0.15, 0.2) is 35.3 Å². The van der Waals surface area contributed by atoms with Crippen molar-refractivity contribution in [2.75, 3.05) is 49.9 Å². The highest BCUT2D eigenvalue weighted by molar-refractivity contribution is 7.89. The van der Waals surface area contributed by atoms with Crippen LogP contribution in [-0.2, 0) is 20.0 Å². The maximum absolute atomic E-state index is 13.7. The SMILES string of the molecule is CCCCS(=O)(=O)N1CCC(Oc2c(N3CCN(S(=O)(=O)C(C)C)CC3)cnn(-c3cccc(Cl)c3)c2=O)C1. The summed E-state index contributed by atoms with van der Waals surface area (Å²) < 4.78 is 61.1. The lowest BCUT2D eigenvalue weighted by molar-refractivity contribution is 0.211. The normalized spacial score (nSPS) is 19.6. The van der Waals surface area contributed by atoms with Gasteiger partial charge in [-0.15, -0.1) is 0 Å². The monoisotopic (exact) mass is 601 g/mol. The zero-order chi connectivity index (χ0) is 28.4. The number of hydrogen-bond acceptors (Lipinski definition) is 8. The fourth-order valence-electron chi connectivity index (χ4n) is 4.71. The molecule has 14 heteroatoms. The summed E-state index contributed by atoms with van der Waals surface area (Å²) in [5.41, 5.74) is 0.415. The zero-order valence-corrected chi connectivity index (χ0v) is 24.9. The van der Waals surface area contributed by atoms with E-state index in [9.17, 15) is 21.6 Å². The van der Waals surface area contributed by atoms with Gasteiger partial charge in [-0.05, 0) is 44.9 Å². The van der Waals surface area contributed by atoms with Crippen molar-refractivity contribution in [2.24, 2.45) is 0 Å². The lowest BCUT2D eigenvalue weighted by Gasteiger charge is -2.36. The predicted octanol–water partition coefficient (Wildman–Crippen LogP) is 2.33. The number of anilines is 1. The second-order valence-corrected chi connectivity index (χ2v) is 15.1. The second-order valence-electron chi connectivity index (χ2n) is 10.1. The average Bonchev–Trinajstić information content (AvgIpc) is 3.38. The molecule has 2 aromatic rings. The molecule has 39 heavy (non-hydrogen) atoms. The van der Waals surface area contributed by atoms with Crippen LogP contribution in [0, 0.1) is 0 Å². The van der Waals surface area contributed by atoms with Crippen LogP contribution in [0.3, 0.4) is 0 Å². The van der Waals surface area contributed by atoms with Crippen molar-refractivity contribution in [3.05, 3.63) is 45.8 Å². The maximum Gasteiger partial charge on any atom is 0.316 e. The Bertz CT molecular complexity index is 1440. The molecule has 1 aromatic heterocycles. The van der Waals surface area contributed by atoms with Crippen molar-refractivity contribution in [1.82, 2.24) is 18.4 Å². The van der Waals surface area contributed by atoms with Gasteiger partial charge in [0.15, 0.2) is 0 Å². The van der Waals surface area contributed by atoms with Gasteiger partial charge in [0, 0.05) is 37.7 Å². The van der Waals surface area contributed by atoms with E-state index in [0.717, 1.165) is 6.42 Å². The Kier molecular flexibility index (Phi) is 9.26. The van der Waals surface area contributed by atoms with E-state index in [1.54, 1.807) is 38.1 Å². The Morgan fingerprint density at radius 1 is 1.08 bits per heavy atom. The third kappa shape index (κ3) is 6.59. The molecule has 0 saturated carbocycles. The van der Waals surface area contributed by atoms with Crippen molar-refractivity contribution >= 4 is 37.3 Å². The summed E-state index contributed by atoms with van der Waals surface area (Å²) in [6, 6.07) is 6.73. The van der Waals surface area contributed by atoms with E-state index in [-0.39, 0.29) is 31.1 Å². The molecule has 0 bridgehead atoms. The first-order valence-electron chi connectivity index (χ1n) is 13.2. The van der Waals surface area contributed by atoms with Crippen LogP contribution >= 0.6 is 11.6 Å². The fourth-order valence-corrected chi connectivity index (χ4v) is 7.85. The first kappa shape index (κ1) is 29.8. The summed E-state index contributed by atoms with van der Waals surface area (Å²) in [6.45, 7) is 6.98. The second kappa shape index (κ2) is 12.1. The summed E-state index contributed by atoms with van der Waals surface area (Å²) >= 11 is 6.15. The molecule has 216 valence electrons. The topological polar surface area (TPSA) is 122 Å². The van der Waals surface area contributed by atoms with Gasteiger partial charge in [0.2, 0.25) is 25.8 Å². The fraction of sp³-hybridized carbons (Fsp3) is 0.600. The number of piperazine rings is 1. The van der Waals surface area contributed by atoms with Gasteiger partial charge in [0.05, 0.1) is 29.4 Å². The van der Waals surface area contributed by atoms with Crippen molar-refractivity contribution in [3.8, 4) is 11.4 Å². The van der Waals surface area contributed by atoms with Crippen molar-refractivity contribution in [2.45, 2.75) is 51.4 Å². The van der Waals surface area contributed by atoms with E-state index in [1.807, 2.05) is 11.8 Å². The van der Waals surface area contributed by atoms with E-state index >= 15 is 0 Å². The number of ether oxygens (including phenoxy) is 1. The number of sulfonamides is 2. The van der Waals surface area contributed by atoms with Gasteiger partial charge in [-0.2, -0.15) is 18.4 Å². The lowest BCUT2D eigenvalue weighted by atomic mass is 10.2. The number of aromatic nitrogens is 2.